The number of carbonyl (C=O) groups excluding carboxylic acids is 3. The molecule has 0 spiro atoms. The number of rotatable bonds is 7. The number of anilines is 1. The number of morpholine rings is 1. The van der Waals surface area contributed by atoms with Gasteiger partial charge in [0.1, 0.15) is 11.5 Å². The zero-order valence-corrected chi connectivity index (χ0v) is 31.4. The Labute approximate surface area is 320 Å². The minimum Gasteiger partial charge on any atom is -0.508 e. The molecule has 0 aliphatic carbocycles. The number of aromatic hydroxyl groups is 1. The van der Waals surface area contributed by atoms with Crippen LogP contribution in [0.3, 0.4) is 0 Å². The Bertz CT molecular complexity index is 2250. The van der Waals surface area contributed by atoms with Gasteiger partial charge in [-0.2, -0.15) is 0 Å². The van der Waals surface area contributed by atoms with Crippen LogP contribution in [0.1, 0.15) is 48.7 Å². The highest BCUT2D eigenvalue weighted by Gasteiger charge is 2.36. The summed E-state index contributed by atoms with van der Waals surface area (Å²) in [5.74, 6) is 0.272. The summed E-state index contributed by atoms with van der Waals surface area (Å²) in [4.78, 5) is 50.2. The summed E-state index contributed by atoms with van der Waals surface area (Å²) in [7, 11) is 3.61. The van der Waals surface area contributed by atoms with Gasteiger partial charge in [-0.1, -0.05) is 42.5 Å². The zero-order valence-electron chi connectivity index (χ0n) is 31.4. The van der Waals surface area contributed by atoms with E-state index in [0.29, 0.717) is 61.0 Å². The average Bonchev–Trinajstić information content (AvgIpc) is 3.77. The molecule has 4 aromatic carbocycles. The van der Waals surface area contributed by atoms with Crippen LogP contribution in [0.5, 0.6) is 11.5 Å². The number of benzene rings is 4. The molecule has 4 heterocycles. The van der Waals surface area contributed by atoms with E-state index in [1.807, 2.05) is 65.9 Å². The smallest absolute Gasteiger partial charge is 0.415 e. The maximum Gasteiger partial charge on any atom is 0.415 e. The molecule has 55 heavy (non-hydrogen) atoms. The number of fused-ring (bicyclic) bond motifs is 2. The molecule has 5 aromatic rings. The summed E-state index contributed by atoms with van der Waals surface area (Å²) in [6.45, 7) is 6.70. The third-order valence-electron chi connectivity index (χ3n) is 11.3. The number of carbonyl (C=O) groups is 3. The van der Waals surface area contributed by atoms with Crippen molar-refractivity contribution in [3.63, 3.8) is 0 Å². The number of hydrogen-bond donors (Lipinski definition) is 1. The molecular formula is C44H45N5O6. The van der Waals surface area contributed by atoms with Crippen molar-refractivity contribution in [3.8, 4) is 22.8 Å². The molecule has 1 saturated heterocycles. The molecule has 8 rings (SSSR count). The standard InChI is InChI=1S/C44H45N5O6/c1-29-38(42(51)46(3)34-13-15-36(50)16-14-34)24-41(45(29)2)39-22-32-25-48(44(53)55-37-11-5-4-6-12-37)26-33(32)23-40(39)43(52)49-27-31-10-8-7-9-30(31)21-35(49)28-47-17-19-54-20-18-47/h4-16,22-24,35,50H,17-21,25-28H2,1-3H3/t35-/m0/s1. The Hall–Kier alpha value is -5.91. The van der Waals surface area contributed by atoms with Gasteiger partial charge in [-0.25, -0.2) is 4.79 Å². The molecule has 282 valence electrons. The highest BCUT2D eigenvalue weighted by molar-refractivity contribution is 6.08. The SMILES string of the molecule is Cc1c(C(=O)N(C)c2ccc(O)cc2)cc(-c2cc3c(cc2C(=O)N2Cc4ccccc4C[C@H]2CN2CCOCC2)CN(C(=O)Oc2ccccc2)C3)n1C. The van der Waals surface area contributed by atoms with Crippen molar-refractivity contribution in [3.05, 3.63) is 136 Å². The van der Waals surface area contributed by atoms with E-state index in [-0.39, 0.29) is 23.6 Å². The van der Waals surface area contributed by atoms with Gasteiger partial charge in [-0.3, -0.25) is 19.4 Å². The number of phenolic OH excluding ortho intramolecular Hbond substituents is 1. The van der Waals surface area contributed by atoms with Crippen molar-refractivity contribution in [2.75, 3.05) is 44.8 Å². The van der Waals surface area contributed by atoms with Gasteiger partial charge >= 0.3 is 6.09 Å². The maximum atomic E-state index is 15.2. The van der Waals surface area contributed by atoms with Crippen LogP contribution in [0.2, 0.25) is 0 Å². The Morgan fingerprint density at radius 2 is 1.49 bits per heavy atom. The topological polar surface area (TPSA) is 108 Å². The first kappa shape index (κ1) is 36.1. The van der Waals surface area contributed by atoms with Gasteiger partial charge in [0.25, 0.3) is 11.8 Å². The van der Waals surface area contributed by atoms with Gasteiger partial charge < -0.3 is 28.9 Å². The normalized spacial score (nSPS) is 16.7. The second kappa shape index (κ2) is 15.1. The minimum absolute atomic E-state index is 0.0646. The van der Waals surface area contributed by atoms with Gasteiger partial charge in [0.05, 0.1) is 18.8 Å². The van der Waals surface area contributed by atoms with Crippen LogP contribution >= 0.6 is 0 Å². The summed E-state index contributed by atoms with van der Waals surface area (Å²) in [5, 5.41) is 9.82. The van der Waals surface area contributed by atoms with Crippen LogP contribution in [0, 0.1) is 6.92 Å². The molecule has 0 radical (unpaired) electrons. The van der Waals surface area contributed by atoms with Gasteiger partial charge in [0.2, 0.25) is 0 Å². The van der Waals surface area contributed by atoms with Crippen molar-refractivity contribution in [1.29, 1.82) is 0 Å². The second-order valence-electron chi connectivity index (χ2n) is 14.6. The molecule has 0 unspecified atom stereocenters. The molecule has 11 heteroatoms. The second-order valence-corrected chi connectivity index (χ2v) is 14.6. The van der Waals surface area contributed by atoms with Crippen LogP contribution in [-0.2, 0) is 37.8 Å². The van der Waals surface area contributed by atoms with E-state index in [2.05, 4.69) is 23.1 Å². The van der Waals surface area contributed by atoms with Crippen LogP contribution in [-0.4, -0.2) is 88.2 Å². The van der Waals surface area contributed by atoms with Gasteiger partial charge in [-0.15, -0.1) is 0 Å². The summed E-state index contributed by atoms with van der Waals surface area (Å²) in [6.07, 6.45) is 0.277. The monoisotopic (exact) mass is 739 g/mol. The van der Waals surface area contributed by atoms with Gasteiger partial charge in [0.15, 0.2) is 0 Å². The largest absolute Gasteiger partial charge is 0.508 e. The fourth-order valence-electron chi connectivity index (χ4n) is 8.00. The molecular weight excluding hydrogens is 695 g/mol. The van der Waals surface area contributed by atoms with Crippen molar-refractivity contribution in [1.82, 2.24) is 19.3 Å². The van der Waals surface area contributed by atoms with E-state index in [9.17, 15) is 14.7 Å². The van der Waals surface area contributed by atoms with Crippen LogP contribution in [0.4, 0.5) is 10.5 Å². The van der Waals surface area contributed by atoms with Crippen LogP contribution < -0.4 is 9.64 Å². The lowest BCUT2D eigenvalue weighted by Crippen LogP contribution is -2.52. The molecule has 1 N–H and O–H groups in total. The van der Waals surface area contributed by atoms with Crippen molar-refractivity contribution in [2.24, 2.45) is 7.05 Å². The van der Waals surface area contributed by atoms with E-state index < -0.39 is 6.09 Å². The Kier molecular flexibility index (Phi) is 9.89. The van der Waals surface area contributed by atoms with Gasteiger partial charge in [0, 0.05) is 87.6 Å². The zero-order chi connectivity index (χ0) is 38.2. The number of aromatic nitrogens is 1. The van der Waals surface area contributed by atoms with Crippen molar-refractivity contribution >= 4 is 23.6 Å². The lowest BCUT2D eigenvalue weighted by molar-refractivity contribution is 0.0193. The lowest BCUT2D eigenvalue weighted by atomic mass is 9.91. The third kappa shape index (κ3) is 7.20. The highest BCUT2D eigenvalue weighted by Crippen LogP contribution is 2.37. The predicted octanol–water partition coefficient (Wildman–Crippen LogP) is 6.40. The first-order chi connectivity index (χ1) is 26.6. The molecule has 0 saturated carbocycles. The number of nitrogens with zero attached hydrogens (tertiary/aromatic N) is 5. The van der Waals surface area contributed by atoms with E-state index in [1.54, 1.807) is 53.2 Å². The van der Waals surface area contributed by atoms with E-state index in [1.165, 1.54) is 5.56 Å². The third-order valence-corrected chi connectivity index (χ3v) is 11.3. The highest BCUT2D eigenvalue weighted by atomic mass is 16.6. The maximum absolute atomic E-state index is 15.2. The Morgan fingerprint density at radius 3 is 2.22 bits per heavy atom. The molecule has 3 aliphatic rings. The van der Waals surface area contributed by atoms with E-state index in [4.69, 9.17) is 9.47 Å². The minimum atomic E-state index is -0.463. The quantitative estimate of drug-likeness (QED) is 0.206. The van der Waals surface area contributed by atoms with E-state index in [0.717, 1.165) is 54.1 Å². The molecule has 0 bridgehead atoms. The van der Waals surface area contributed by atoms with Gasteiger partial charge in [-0.05, 0) is 90.2 Å². The fraction of sp³-hybridized carbons (Fsp3) is 0.295. The molecule has 1 aromatic heterocycles. The van der Waals surface area contributed by atoms with Crippen molar-refractivity contribution < 1.29 is 29.0 Å². The number of ether oxygens (including phenoxy) is 2. The fourth-order valence-corrected chi connectivity index (χ4v) is 8.00. The Morgan fingerprint density at radius 1 is 0.818 bits per heavy atom. The lowest BCUT2D eigenvalue weighted by Gasteiger charge is -2.40. The van der Waals surface area contributed by atoms with Crippen molar-refractivity contribution in [2.45, 2.75) is 39.0 Å². The molecule has 3 aliphatic heterocycles. The summed E-state index contributed by atoms with van der Waals surface area (Å²) in [5.41, 5.74) is 8.01. The Balaban J connectivity index is 1.19. The van der Waals surface area contributed by atoms with E-state index >= 15 is 4.79 Å². The first-order valence-corrected chi connectivity index (χ1v) is 18.7. The predicted molar refractivity (Wildman–Crippen MR) is 209 cm³/mol. The molecule has 1 fully saturated rings. The van der Waals surface area contributed by atoms with Crippen LogP contribution in [0.15, 0.2) is 97.1 Å². The molecule has 11 nitrogen and oxygen atoms in total. The number of phenols is 1. The molecule has 3 amide bonds. The first-order valence-electron chi connectivity index (χ1n) is 18.7. The van der Waals surface area contributed by atoms with Crippen LogP contribution in [0.25, 0.3) is 11.3 Å². The average molecular weight is 740 g/mol. The number of para-hydroxylation sites is 1. The summed E-state index contributed by atoms with van der Waals surface area (Å²) >= 11 is 0. The summed E-state index contributed by atoms with van der Waals surface area (Å²) in [6, 6.07) is 29.6. The summed E-state index contributed by atoms with van der Waals surface area (Å²) < 4.78 is 13.3. The number of hydrogen-bond acceptors (Lipinski definition) is 7. The number of amides is 3. The molecule has 1 atom stereocenters.